The minimum absolute atomic E-state index is 0.265. The van der Waals surface area contributed by atoms with Crippen molar-refractivity contribution < 1.29 is 4.79 Å². The van der Waals surface area contributed by atoms with Crippen LogP contribution in [-0.4, -0.2) is 26.4 Å². The molecule has 0 saturated heterocycles. The first-order valence-corrected chi connectivity index (χ1v) is 11.5. The molecule has 2 N–H and O–H groups in total. The SMILES string of the molecule is N#CC(CCSc1nnc(C2CC2)n1CCC(N)=O)(c1ccccc1)c1ccccc1. The molecule has 0 atom stereocenters. The lowest BCUT2D eigenvalue weighted by Crippen LogP contribution is -2.26. The molecule has 1 saturated carbocycles. The highest BCUT2D eigenvalue weighted by Gasteiger charge is 2.35. The maximum Gasteiger partial charge on any atom is 0.219 e. The number of hydrogen-bond acceptors (Lipinski definition) is 5. The van der Waals surface area contributed by atoms with Crippen LogP contribution in [0.4, 0.5) is 0 Å². The summed E-state index contributed by atoms with van der Waals surface area (Å²) >= 11 is 1.58. The molecule has 7 heteroatoms. The molecule has 0 unspecified atom stereocenters. The maximum absolute atomic E-state index is 11.3. The van der Waals surface area contributed by atoms with Gasteiger partial charge in [0.05, 0.1) is 6.07 Å². The van der Waals surface area contributed by atoms with Crippen molar-refractivity contribution in [3.63, 3.8) is 0 Å². The molecule has 3 aromatic rings. The van der Waals surface area contributed by atoms with Crippen LogP contribution in [0.3, 0.4) is 0 Å². The van der Waals surface area contributed by atoms with E-state index < -0.39 is 5.41 Å². The lowest BCUT2D eigenvalue weighted by molar-refractivity contribution is -0.118. The van der Waals surface area contributed by atoms with Crippen LogP contribution >= 0.6 is 11.8 Å². The lowest BCUT2D eigenvalue weighted by atomic mass is 9.74. The number of amides is 1. The molecule has 0 radical (unpaired) electrons. The highest BCUT2D eigenvalue weighted by atomic mass is 32.2. The van der Waals surface area contributed by atoms with Gasteiger partial charge in [-0.25, -0.2) is 0 Å². The second-order valence-corrected chi connectivity index (χ2v) is 8.89. The van der Waals surface area contributed by atoms with E-state index in [0.717, 1.165) is 34.9 Å². The summed E-state index contributed by atoms with van der Waals surface area (Å²) in [5.74, 6) is 1.74. The molecule has 0 spiro atoms. The zero-order valence-corrected chi connectivity index (χ0v) is 18.1. The number of nitrogens with two attached hydrogens (primary N) is 1. The Labute approximate surface area is 186 Å². The van der Waals surface area contributed by atoms with Gasteiger partial charge in [0.25, 0.3) is 0 Å². The van der Waals surface area contributed by atoms with E-state index in [4.69, 9.17) is 5.73 Å². The molecule has 0 aliphatic heterocycles. The Kier molecular flexibility index (Phi) is 6.38. The van der Waals surface area contributed by atoms with Gasteiger partial charge in [-0.05, 0) is 30.4 Å². The van der Waals surface area contributed by atoms with Crippen LogP contribution < -0.4 is 5.73 Å². The fourth-order valence-electron chi connectivity index (χ4n) is 3.86. The lowest BCUT2D eigenvalue weighted by Gasteiger charge is -2.27. The standard InChI is InChI=1S/C24H25N5OS/c25-17-24(19-7-3-1-4-8-19,20-9-5-2-6-10-20)14-16-31-23-28-27-22(18-11-12-18)29(23)15-13-21(26)30/h1-10,18H,11-16H2,(H2,26,30). The van der Waals surface area contributed by atoms with Gasteiger partial charge in [-0.15, -0.1) is 10.2 Å². The Balaban J connectivity index is 1.57. The molecule has 1 heterocycles. The summed E-state index contributed by atoms with van der Waals surface area (Å²) in [5, 5.41) is 19.9. The van der Waals surface area contributed by atoms with Crippen molar-refractivity contribution >= 4 is 17.7 Å². The number of aromatic nitrogens is 3. The van der Waals surface area contributed by atoms with E-state index in [0.29, 0.717) is 24.6 Å². The third-order valence-corrected chi connectivity index (χ3v) is 6.67. The van der Waals surface area contributed by atoms with Gasteiger partial charge in [0, 0.05) is 24.6 Å². The summed E-state index contributed by atoms with van der Waals surface area (Å²) in [6, 6.07) is 22.5. The van der Waals surface area contributed by atoms with Crippen molar-refractivity contribution in [1.29, 1.82) is 5.26 Å². The van der Waals surface area contributed by atoms with Gasteiger partial charge in [-0.1, -0.05) is 72.4 Å². The molecule has 1 aliphatic rings. The average molecular weight is 432 g/mol. The molecule has 1 fully saturated rings. The van der Waals surface area contributed by atoms with Gasteiger partial charge in [-0.2, -0.15) is 5.26 Å². The summed E-state index contributed by atoms with van der Waals surface area (Å²) in [4.78, 5) is 11.3. The normalized spacial score (nSPS) is 13.6. The quantitative estimate of drug-likeness (QED) is 0.489. The van der Waals surface area contributed by atoms with Crippen molar-refractivity contribution in [2.45, 2.75) is 48.7 Å². The number of benzene rings is 2. The Morgan fingerprint density at radius 3 is 2.23 bits per heavy atom. The van der Waals surface area contributed by atoms with Crippen molar-refractivity contribution in [3.05, 3.63) is 77.6 Å². The molecule has 1 aromatic heterocycles. The number of thioether (sulfide) groups is 1. The Morgan fingerprint density at radius 2 is 1.71 bits per heavy atom. The highest BCUT2D eigenvalue weighted by Crippen LogP contribution is 2.41. The fourth-order valence-corrected chi connectivity index (χ4v) is 4.89. The van der Waals surface area contributed by atoms with Gasteiger partial charge >= 0.3 is 0 Å². The van der Waals surface area contributed by atoms with E-state index in [9.17, 15) is 10.1 Å². The van der Waals surface area contributed by atoms with Crippen molar-refractivity contribution in [2.24, 2.45) is 5.73 Å². The summed E-state index contributed by atoms with van der Waals surface area (Å²) in [6.07, 6.45) is 3.11. The van der Waals surface area contributed by atoms with Gasteiger partial charge in [-0.3, -0.25) is 4.79 Å². The van der Waals surface area contributed by atoms with E-state index in [1.807, 2.05) is 65.2 Å². The zero-order valence-electron chi connectivity index (χ0n) is 17.3. The van der Waals surface area contributed by atoms with Gasteiger partial charge in [0.2, 0.25) is 5.91 Å². The number of hydrogen-bond donors (Lipinski definition) is 1. The largest absolute Gasteiger partial charge is 0.370 e. The number of primary amides is 1. The van der Waals surface area contributed by atoms with E-state index >= 15 is 0 Å². The predicted molar refractivity (Wildman–Crippen MR) is 120 cm³/mol. The predicted octanol–water partition coefficient (Wildman–Crippen LogP) is 4.02. The number of carbonyl (C=O) groups excluding carboxylic acids is 1. The van der Waals surface area contributed by atoms with Crippen LogP contribution in [0.15, 0.2) is 65.8 Å². The molecule has 1 amide bonds. The Hall–Kier alpha value is -3.11. The average Bonchev–Trinajstić information content (AvgIpc) is 3.57. The molecule has 6 nitrogen and oxygen atoms in total. The monoisotopic (exact) mass is 431 g/mol. The number of nitriles is 1. The first-order chi connectivity index (χ1) is 15.1. The summed E-state index contributed by atoms with van der Waals surface area (Å²) in [5.41, 5.74) is 6.59. The third kappa shape index (κ3) is 4.64. The van der Waals surface area contributed by atoms with E-state index in [1.54, 1.807) is 11.8 Å². The minimum atomic E-state index is -0.743. The van der Waals surface area contributed by atoms with Crippen molar-refractivity contribution in [3.8, 4) is 6.07 Å². The molecule has 2 aromatic carbocycles. The first-order valence-electron chi connectivity index (χ1n) is 10.5. The molecule has 4 rings (SSSR count). The molecular formula is C24H25N5OS. The van der Waals surface area contributed by atoms with Gasteiger partial charge in [0.1, 0.15) is 11.2 Å². The smallest absolute Gasteiger partial charge is 0.219 e. The maximum atomic E-state index is 11.3. The second-order valence-electron chi connectivity index (χ2n) is 7.83. The molecule has 1 aliphatic carbocycles. The van der Waals surface area contributed by atoms with Crippen LogP contribution in [0.1, 0.15) is 48.6 Å². The molecule has 158 valence electrons. The van der Waals surface area contributed by atoms with Crippen LogP contribution in [0, 0.1) is 11.3 Å². The summed E-state index contributed by atoms with van der Waals surface area (Å²) in [6.45, 7) is 0.497. The number of rotatable bonds is 10. The van der Waals surface area contributed by atoms with Gasteiger partial charge < -0.3 is 10.3 Å². The molecule has 0 bridgehead atoms. The third-order valence-electron chi connectivity index (χ3n) is 5.70. The topological polar surface area (TPSA) is 97.6 Å². The minimum Gasteiger partial charge on any atom is -0.370 e. The number of carbonyl (C=O) groups is 1. The zero-order chi connectivity index (χ0) is 21.7. The fraction of sp³-hybridized carbons (Fsp3) is 0.333. The van der Waals surface area contributed by atoms with Crippen molar-refractivity contribution in [1.82, 2.24) is 14.8 Å². The highest BCUT2D eigenvalue weighted by molar-refractivity contribution is 7.99. The Bertz CT molecular complexity index is 1030. The second kappa shape index (κ2) is 9.36. The summed E-state index contributed by atoms with van der Waals surface area (Å²) in [7, 11) is 0. The van der Waals surface area contributed by atoms with E-state index in [1.165, 1.54) is 0 Å². The van der Waals surface area contributed by atoms with Crippen LogP contribution in [0.5, 0.6) is 0 Å². The number of nitrogens with zero attached hydrogens (tertiary/aromatic N) is 4. The van der Waals surface area contributed by atoms with E-state index in [-0.39, 0.29) is 12.3 Å². The van der Waals surface area contributed by atoms with E-state index in [2.05, 4.69) is 16.3 Å². The summed E-state index contributed by atoms with van der Waals surface area (Å²) < 4.78 is 2.03. The Morgan fingerprint density at radius 1 is 1.10 bits per heavy atom. The van der Waals surface area contributed by atoms with Crippen LogP contribution in [0.2, 0.25) is 0 Å². The van der Waals surface area contributed by atoms with Gasteiger partial charge in [0.15, 0.2) is 5.16 Å². The molecule has 31 heavy (non-hydrogen) atoms. The van der Waals surface area contributed by atoms with Crippen molar-refractivity contribution in [2.75, 3.05) is 5.75 Å². The van der Waals surface area contributed by atoms with Crippen LogP contribution in [-0.2, 0) is 16.8 Å². The van der Waals surface area contributed by atoms with Crippen LogP contribution in [0.25, 0.3) is 0 Å². The first kappa shape index (κ1) is 21.1. The molecular weight excluding hydrogens is 406 g/mol.